The van der Waals surface area contributed by atoms with E-state index in [0.29, 0.717) is 13.3 Å². The third-order valence-corrected chi connectivity index (χ3v) is 0. The third-order valence-electron chi connectivity index (χ3n) is 0. The van der Waals surface area contributed by atoms with E-state index in [2.05, 4.69) is 65.1 Å². The van der Waals surface area contributed by atoms with Crippen LogP contribution in [0.5, 0.6) is 0 Å². The first kappa shape index (κ1) is 52.7. The fourth-order valence-electron chi connectivity index (χ4n) is 0. The van der Waals surface area contributed by atoms with E-state index in [-0.39, 0.29) is 49.6 Å². The van der Waals surface area contributed by atoms with E-state index in [0.717, 1.165) is 0 Å². The molecule has 0 atom stereocenters. The van der Waals surface area contributed by atoms with Crippen molar-refractivity contribution >= 4 is 37.2 Å². The predicted octanol–water partition coefficient (Wildman–Crippen LogP) is 2.08. The normalized spacial score (nSPS) is 3.29. The molecular weight excluding hydrogens is 860 g/mol. The Morgan fingerprint density at radius 2 is 0.786 bits per heavy atom. The Labute approximate surface area is 151 Å². The van der Waals surface area contributed by atoms with Crippen LogP contribution in [0.15, 0.2) is 0 Å². The molecule has 0 fully saturated rings. The summed E-state index contributed by atoms with van der Waals surface area (Å²) in [6.45, 7) is 15.0. The molecule has 6 heteroatoms. The van der Waals surface area contributed by atoms with Crippen LogP contribution in [0, 0.1) is 27.9 Å². The zero-order valence-corrected chi connectivity index (χ0v) is 20.6. The smallest absolute Gasteiger partial charge is 0.569 e. The van der Waals surface area contributed by atoms with Crippen LogP contribution in [0.3, 0.4) is 0 Å². The molecule has 0 rings (SSSR count). The minimum Gasteiger partial charge on any atom is -0.569 e. The van der Waals surface area contributed by atoms with E-state index < -0.39 is 0 Å². The number of hydrogen-bond acceptors (Lipinski definition) is 1. The molecule has 0 saturated carbocycles. The second kappa shape index (κ2) is 194. The molecule has 0 saturated heterocycles. The Morgan fingerprint density at radius 1 is 0.786 bits per heavy atom. The van der Waals surface area contributed by atoms with Crippen LogP contribution in [0.2, 0.25) is 0 Å². The van der Waals surface area contributed by atoms with Crippen molar-refractivity contribution in [2.45, 2.75) is 28.2 Å². The molecule has 14 heavy (non-hydrogen) atoms. The van der Waals surface area contributed by atoms with Gasteiger partial charge in [0.1, 0.15) is 0 Å². The summed E-state index contributed by atoms with van der Waals surface area (Å²) in [7, 11) is 2.25. The molecule has 0 unspecified atom stereocenters. The minimum absolute atomic E-state index is 0. The number of halogens is 3. The number of aliphatic hydroxyl groups excluding tert-OH is 1. The van der Waals surface area contributed by atoms with Gasteiger partial charge in [0.05, 0.1) is 0 Å². The molecule has 0 bridgehead atoms. The molecule has 0 heterocycles. The second-order valence-corrected chi connectivity index (χ2v) is 16.3. The Balaban J connectivity index is -0.00000000515. The standard InChI is InChI=1S/3C2H5.CH3O.CH4.I3.2W/c4*1-2;;1-3-2;;/h3*1H2,2H3;2H,1H2;1H4;;;/q4*-1;;-1;2*+2. The fourth-order valence-corrected chi connectivity index (χ4v) is 0. The SMILES string of the molecule is C.I[I-]I.[CH2-]C.[CH2-]C.[CH2-]C.[CH2-]O.[W+2].[W+2]. The quantitative estimate of drug-likeness (QED) is 0.293. The van der Waals surface area contributed by atoms with Gasteiger partial charge < -0.3 is 25.9 Å². The number of aliphatic hydroxyl groups is 1. The van der Waals surface area contributed by atoms with E-state index in [1.54, 1.807) is 20.8 Å². The summed E-state index contributed by atoms with van der Waals surface area (Å²) >= 11 is 5.30. The maximum Gasteiger partial charge on any atom is 2.00 e. The molecular formula is C8H22I3OW2-. The van der Waals surface area contributed by atoms with Crippen LogP contribution in [0.1, 0.15) is 28.2 Å². The Kier molecular flexibility index (Phi) is 733. The van der Waals surface area contributed by atoms with Crippen LogP contribution in [0.25, 0.3) is 0 Å². The van der Waals surface area contributed by atoms with Gasteiger partial charge in [0.25, 0.3) is 0 Å². The number of hydrogen-bond donors (Lipinski definition) is 1. The van der Waals surface area contributed by atoms with E-state index in [4.69, 9.17) is 5.11 Å². The summed E-state index contributed by atoms with van der Waals surface area (Å²) < 4.78 is 0. The number of rotatable bonds is 0. The summed E-state index contributed by atoms with van der Waals surface area (Å²) in [6, 6.07) is 0. The van der Waals surface area contributed by atoms with E-state index >= 15 is 0 Å². The average Bonchev–Trinajstić information content (AvgIpc) is 2.18. The van der Waals surface area contributed by atoms with Crippen molar-refractivity contribution in [1.29, 1.82) is 0 Å². The van der Waals surface area contributed by atoms with Crippen molar-refractivity contribution < 1.29 is 60.5 Å². The maximum atomic E-state index is 6.75. The van der Waals surface area contributed by atoms with Crippen molar-refractivity contribution in [2.75, 3.05) is 0 Å². The first-order valence-electron chi connectivity index (χ1n) is 2.72. The second-order valence-electron chi connectivity index (χ2n) is 0.0540. The summed E-state index contributed by atoms with van der Waals surface area (Å²) in [4.78, 5) is 0. The van der Waals surface area contributed by atoms with Gasteiger partial charge in [0, 0.05) is 0 Å². The monoisotopic (exact) mass is 883 g/mol. The van der Waals surface area contributed by atoms with Crippen molar-refractivity contribution in [2.24, 2.45) is 0 Å². The Morgan fingerprint density at radius 3 is 0.786 bits per heavy atom. The maximum absolute atomic E-state index is 6.75. The summed E-state index contributed by atoms with van der Waals surface area (Å²) in [5.41, 5.74) is 0. The van der Waals surface area contributed by atoms with Crippen molar-refractivity contribution in [3.8, 4) is 0 Å². The molecule has 0 amide bonds. The Hall–Kier alpha value is 3.53. The first-order valence-corrected chi connectivity index (χ1v) is 15.3. The van der Waals surface area contributed by atoms with Gasteiger partial charge in [-0.25, -0.2) is 7.11 Å². The molecule has 0 aliphatic heterocycles. The molecule has 0 aliphatic rings. The van der Waals surface area contributed by atoms with Gasteiger partial charge in [-0.15, -0.1) is 0 Å². The van der Waals surface area contributed by atoms with Crippen LogP contribution >= 0.6 is 37.2 Å². The predicted molar refractivity (Wildman–Crippen MR) is 75.2 cm³/mol. The van der Waals surface area contributed by atoms with Gasteiger partial charge in [-0.3, -0.25) is 0 Å². The van der Waals surface area contributed by atoms with Gasteiger partial charge in [0.15, 0.2) is 0 Å². The molecule has 0 aromatic carbocycles. The van der Waals surface area contributed by atoms with E-state index in [1.807, 2.05) is 0 Å². The summed E-state index contributed by atoms with van der Waals surface area (Å²) in [6.07, 6.45) is 0. The topological polar surface area (TPSA) is 20.2 Å². The van der Waals surface area contributed by atoms with Gasteiger partial charge in [0.2, 0.25) is 0 Å². The molecule has 1 N–H and O–H groups in total. The van der Waals surface area contributed by atoms with Gasteiger partial charge in [-0.2, -0.15) is 20.8 Å². The van der Waals surface area contributed by atoms with Crippen LogP contribution < -0.4 is 13.3 Å². The van der Waals surface area contributed by atoms with Gasteiger partial charge in [-0.1, -0.05) is 7.43 Å². The average molecular weight is 883 g/mol. The zero-order chi connectivity index (χ0) is 10.7. The largest absolute Gasteiger partial charge is 2.00 e. The molecule has 0 radical (unpaired) electrons. The van der Waals surface area contributed by atoms with E-state index in [1.165, 1.54) is 0 Å². The molecule has 1 nitrogen and oxygen atoms in total. The van der Waals surface area contributed by atoms with Crippen molar-refractivity contribution in [1.82, 2.24) is 0 Å². The van der Waals surface area contributed by atoms with Crippen LogP contribution in [-0.4, -0.2) is 5.11 Å². The van der Waals surface area contributed by atoms with Crippen molar-refractivity contribution in [3.05, 3.63) is 27.9 Å². The van der Waals surface area contributed by atoms with Crippen LogP contribution in [0.4, 0.5) is 0 Å². The van der Waals surface area contributed by atoms with Gasteiger partial charge in [-0.05, 0) is 0 Å². The van der Waals surface area contributed by atoms with E-state index in [9.17, 15) is 0 Å². The summed E-state index contributed by atoms with van der Waals surface area (Å²) in [5.74, 6) is 0. The summed E-state index contributed by atoms with van der Waals surface area (Å²) in [5, 5.41) is 6.75. The molecule has 0 spiro atoms. The molecule has 0 aromatic rings. The van der Waals surface area contributed by atoms with Gasteiger partial charge >= 0.3 is 92.6 Å². The third kappa shape index (κ3) is 263. The van der Waals surface area contributed by atoms with Crippen molar-refractivity contribution in [3.63, 3.8) is 0 Å². The first-order chi connectivity index (χ1) is 5.41. The fraction of sp³-hybridized carbons (Fsp3) is 0.500. The molecule has 0 aliphatic carbocycles. The zero-order valence-electron chi connectivity index (χ0n) is 8.23. The Bertz CT molecular complexity index is 22.5. The molecule has 0 aromatic heterocycles. The minimum atomic E-state index is 0. The van der Waals surface area contributed by atoms with Crippen LogP contribution in [-0.2, 0) is 42.1 Å². The molecule has 94 valence electrons.